The molecule has 0 amide bonds. The van der Waals surface area contributed by atoms with Crippen LogP contribution in [0.1, 0.15) is 44.9 Å². The zero-order valence-electron chi connectivity index (χ0n) is 10.0. The van der Waals surface area contributed by atoms with Crippen LogP contribution in [-0.2, 0) is 4.74 Å². The van der Waals surface area contributed by atoms with Crippen molar-refractivity contribution in [2.75, 3.05) is 0 Å². The van der Waals surface area contributed by atoms with Crippen molar-refractivity contribution in [3.63, 3.8) is 0 Å². The van der Waals surface area contributed by atoms with Crippen LogP contribution in [0.25, 0.3) is 0 Å². The molecule has 0 radical (unpaired) electrons. The van der Waals surface area contributed by atoms with E-state index in [9.17, 15) is 0 Å². The van der Waals surface area contributed by atoms with Gasteiger partial charge < -0.3 is 4.74 Å². The van der Waals surface area contributed by atoms with Crippen LogP contribution in [0.4, 0.5) is 0 Å². The highest BCUT2D eigenvalue weighted by molar-refractivity contribution is 5.22. The summed E-state index contributed by atoms with van der Waals surface area (Å²) in [4.78, 5) is 0. The van der Waals surface area contributed by atoms with Crippen molar-refractivity contribution in [2.24, 2.45) is 11.8 Å². The Labute approximate surface area is 98.6 Å². The van der Waals surface area contributed by atoms with Gasteiger partial charge in [-0.1, -0.05) is 30.6 Å². The second kappa shape index (κ2) is 4.37. The number of hydrogen-bond acceptors (Lipinski definition) is 1. The minimum Gasteiger partial charge on any atom is -0.370 e. The minimum atomic E-state index is 0.297. The molecule has 1 saturated carbocycles. The van der Waals surface area contributed by atoms with Gasteiger partial charge in [0.25, 0.3) is 0 Å². The lowest BCUT2D eigenvalue weighted by atomic mass is 9.69. The maximum atomic E-state index is 6.25. The van der Waals surface area contributed by atoms with Crippen molar-refractivity contribution >= 4 is 0 Å². The van der Waals surface area contributed by atoms with Gasteiger partial charge in [0, 0.05) is 11.8 Å². The second-order valence-corrected chi connectivity index (χ2v) is 5.51. The van der Waals surface area contributed by atoms with Gasteiger partial charge in [0.05, 0.1) is 12.2 Å². The van der Waals surface area contributed by atoms with E-state index in [4.69, 9.17) is 4.74 Å². The largest absolute Gasteiger partial charge is 0.370 e. The van der Waals surface area contributed by atoms with E-state index in [0.29, 0.717) is 18.1 Å². The van der Waals surface area contributed by atoms with E-state index >= 15 is 0 Å². The Bertz CT molecular complexity index is 305. The zero-order valence-corrected chi connectivity index (χ0v) is 10.0. The van der Waals surface area contributed by atoms with E-state index in [1.165, 1.54) is 44.9 Å². The van der Waals surface area contributed by atoms with Gasteiger partial charge in [-0.05, 0) is 32.1 Å². The highest BCUT2D eigenvalue weighted by Gasteiger charge is 2.41. The van der Waals surface area contributed by atoms with Crippen LogP contribution in [0.2, 0.25) is 0 Å². The van der Waals surface area contributed by atoms with Crippen molar-refractivity contribution in [3.8, 4) is 0 Å². The fraction of sp³-hybridized carbons (Fsp3) is 0.733. The van der Waals surface area contributed by atoms with E-state index in [1.807, 2.05) is 6.08 Å². The predicted octanol–water partition coefficient (Wildman–Crippen LogP) is 3.86. The predicted molar refractivity (Wildman–Crippen MR) is 66.2 cm³/mol. The summed E-state index contributed by atoms with van der Waals surface area (Å²) in [7, 11) is 0. The lowest BCUT2D eigenvalue weighted by Crippen LogP contribution is -2.44. The van der Waals surface area contributed by atoms with Crippen LogP contribution in [0, 0.1) is 11.8 Å². The molecule has 2 aliphatic carbocycles. The van der Waals surface area contributed by atoms with Gasteiger partial charge in [-0.3, -0.25) is 0 Å². The molecular weight excluding hydrogens is 196 g/mol. The minimum absolute atomic E-state index is 0.297. The summed E-state index contributed by atoms with van der Waals surface area (Å²) in [6, 6.07) is 0. The maximum absolute atomic E-state index is 6.25. The molecule has 16 heavy (non-hydrogen) atoms. The molecule has 1 heteroatoms. The number of hydrogen-bond donors (Lipinski definition) is 0. The molecule has 1 nitrogen and oxygen atoms in total. The van der Waals surface area contributed by atoms with Crippen LogP contribution in [0.3, 0.4) is 0 Å². The third-order valence-corrected chi connectivity index (χ3v) is 4.62. The molecule has 0 aromatic heterocycles. The third-order valence-electron chi connectivity index (χ3n) is 4.62. The van der Waals surface area contributed by atoms with E-state index in [-0.39, 0.29) is 0 Å². The Hall–Kier alpha value is -0.560. The van der Waals surface area contributed by atoms with Gasteiger partial charge >= 0.3 is 0 Å². The van der Waals surface area contributed by atoms with Crippen molar-refractivity contribution in [2.45, 2.75) is 57.2 Å². The molecule has 0 bridgehead atoms. The lowest BCUT2D eigenvalue weighted by molar-refractivity contribution is -0.0824. The highest BCUT2D eigenvalue weighted by atomic mass is 16.5. The molecule has 0 unspecified atom stereocenters. The van der Waals surface area contributed by atoms with Crippen molar-refractivity contribution in [1.29, 1.82) is 0 Å². The number of allylic oxidation sites excluding steroid dienone is 1. The summed E-state index contributed by atoms with van der Waals surface area (Å²) in [5.41, 5.74) is 1.73. The van der Waals surface area contributed by atoms with Crippen LogP contribution in [0.5, 0.6) is 0 Å². The van der Waals surface area contributed by atoms with E-state index < -0.39 is 0 Å². The van der Waals surface area contributed by atoms with Crippen LogP contribution in [0.15, 0.2) is 24.3 Å². The fourth-order valence-electron chi connectivity index (χ4n) is 3.86. The average molecular weight is 218 g/mol. The summed E-state index contributed by atoms with van der Waals surface area (Å²) >= 11 is 0. The van der Waals surface area contributed by atoms with Gasteiger partial charge in [-0.15, -0.1) is 6.58 Å². The van der Waals surface area contributed by atoms with Gasteiger partial charge in [-0.2, -0.15) is 0 Å². The number of ether oxygens (including phenoxy) is 1. The highest BCUT2D eigenvalue weighted by Crippen LogP contribution is 2.46. The molecular formula is C15H22O. The van der Waals surface area contributed by atoms with Crippen LogP contribution >= 0.6 is 0 Å². The standard InChI is InChI=1S/C15H22O/c1-2-14-12-8-4-3-7-11(12)13-9-5-6-10-15(13)16-14/h2,7,12-15H,1,3-6,8-10H2/t12-,13+,14-,15+/m1/s1. The molecule has 3 aliphatic rings. The van der Waals surface area contributed by atoms with Crippen molar-refractivity contribution in [1.82, 2.24) is 0 Å². The second-order valence-electron chi connectivity index (χ2n) is 5.51. The lowest BCUT2D eigenvalue weighted by Gasteiger charge is -2.46. The molecule has 2 fully saturated rings. The molecule has 0 spiro atoms. The first-order chi connectivity index (χ1) is 7.90. The van der Waals surface area contributed by atoms with Crippen molar-refractivity contribution in [3.05, 3.63) is 24.3 Å². The Morgan fingerprint density at radius 2 is 1.94 bits per heavy atom. The molecule has 0 N–H and O–H groups in total. The average Bonchev–Trinajstić information content (AvgIpc) is 2.38. The summed E-state index contributed by atoms with van der Waals surface area (Å²) in [5.74, 6) is 1.40. The third kappa shape index (κ3) is 1.66. The monoisotopic (exact) mass is 218 g/mol. The molecule has 1 saturated heterocycles. The van der Waals surface area contributed by atoms with Gasteiger partial charge in [0.15, 0.2) is 0 Å². The SMILES string of the molecule is C=C[C@H]1O[C@H]2CCCC[C@H]2C2=CCCC[C@H]21. The van der Waals surface area contributed by atoms with Gasteiger partial charge in [0.2, 0.25) is 0 Å². The summed E-state index contributed by atoms with van der Waals surface area (Å²) in [5, 5.41) is 0. The quantitative estimate of drug-likeness (QED) is 0.607. The number of rotatable bonds is 1. The molecule has 1 heterocycles. The van der Waals surface area contributed by atoms with E-state index in [0.717, 1.165) is 5.92 Å². The summed E-state index contributed by atoms with van der Waals surface area (Å²) in [6.45, 7) is 3.96. The molecule has 3 rings (SSSR count). The Kier molecular flexibility index (Phi) is 2.89. The smallest absolute Gasteiger partial charge is 0.0822 e. The van der Waals surface area contributed by atoms with E-state index in [2.05, 4.69) is 12.7 Å². The Balaban J connectivity index is 1.89. The van der Waals surface area contributed by atoms with E-state index in [1.54, 1.807) is 5.57 Å². The summed E-state index contributed by atoms with van der Waals surface area (Å²) < 4.78 is 6.25. The molecule has 88 valence electrons. The molecule has 0 aromatic carbocycles. The molecule has 0 aromatic rings. The Morgan fingerprint density at radius 3 is 2.81 bits per heavy atom. The van der Waals surface area contributed by atoms with Crippen LogP contribution in [-0.4, -0.2) is 12.2 Å². The maximum Gasteiger partial charge on any atom is 0.0822 e. The van der Waals surface area contributed by atoms with Gasteiger partial charge in [0.1, 0.15) is 0 Å². The number of fused-ring (bicyclic) bond motifs is 3. The normalized spacial score (nSPS) is 42.9. The van der Waals surface area contributed by atoms with Gasteiger partial charge in [-0.25, -0.2) is 0 Å². The topological polar surface area (TPSA) is 9.23 Å². The van der Waals surface area contributed by atoms with Crippen LogP contribution < -0.4 is 0 Å². The van der Waals surface area contributed by atoms with Crippen molar-refractivity contribution < 1.29 is 4.74 Å². The first-order valence-corrected chi connectivity index (χ1v) is 6.88. The molecule has 4 atom stereocenters. The summed E-state index contributed by atoms with van der Waals surface area (Å²) in [6.07, 6.45) is 14.7. The fourth-order valence-corrected chi connectivity index (χ4v) is 3.86. The first-order valence-electron chi connectivity index (χ1n) is 6.88. The zero-order chi connectivity index (χ0) is 11.0. The first kappa shape index (κ1) is 10.6. The molecule has 1 aliphatic heterocycles. The Morgan fingerprint density at radius 1 is 1.12 bits per heavy atom.